The van der Waals surface area contributed by atoms with E-state index < -0.39 is 18.2 Å². The molecule has 0 unspecified atom stereocenters. The van der Waals surface area contributed by atoms with Crippen molar-refractivity contribution in [2.75, 3.05) is 34.8 Å². The number of ether oxygens (including phenoxy) is 1. The van der Waals surface area contributed by atoms with Gasteiger partial charge in [-0.3, -0.25) is 14.5 Å². The van der Waals surface area contributed by atoms with Crippen LogP contribution in [0.25, 0.3) is 33.6 Å². The average Bonchev–Trinajstić information content (AvgIpc) is 4.05. The van der Waals surface area contributed by atoms with Gasteiger partial charge in [0.25, 0.3) is 0 Å². The van der Waals surface area contributed by atoms with E-state index in [-0.39, 0.29) is 23.9 Å². The zero-order valence-electron chi connectivity index (χ0n) is 32.8. The van der Waals surface area contributed by atoms with Crippen LogP contribution in [0.1, 0.15) is 66.7 Å². The van der Waals surface area contributed by atoms with E-state index in [1.807, 2.05) is 97.7 Å². The van der Waals surface area contributed by atoms with Crippen molar-refractivity contribution in [3.05, 3.63) is 144 Å². The number of benzene rings is 4. The fourth-order valence-electron chi connectivity index (χ4n) is 7.49. The summed E-state index contributed by atoms with van der Waals surface area (Å²) in [6.45, 7) is 2.59. The minimum Gasteiger partial charge on any atom is -0.453 e. The maximum atomic E-state index is 13.9. The molecule has 2 aromatic heterocycles. The maximum absolute atomic E-state index is 13.9. The number of nitrogens with zero attached hydrogens (tertiary/aromatic N) is 5. The molecule has 0 aliphatic carbocycles. The lowest BCUT2D eigenvalue weighted by Crippen LogP contribution is -2.42. The zero-order valence-corrected chi connectivity index (χ0v) is 32.8. The number of alkyl carbamates (subject to hydrolysis) is 1. The number of hydrogen-bond donors (Lipinski definition) is 3. The van der Waals surface area contributed by atoms with Crippen molar-refractivity contribution in [1.82, 2.24) is 40.0 Å². The molecule has 57 heavy (non-hydrogen) atoms. The van der Waals surface area contributed by atoms with Crippen molar-refractivity contribution < 1.29 is 19.1 Å². The van der Waals surface area contributed by atoms with Crippen LogP contribution in [0.4, 0.5) is 4.79 Å². The predicted molar refractivity (Wildman–Crippen MR) is 220 cm³/mol. The smallest absolute Gasteiger partial charge is 0.407 e. The Morgan fingerprint density at radius 1 is 0.754 bits per heavy atom. The molecular weight excluding hydrogens is 717 g/mol. The first-order valence-corrected chi connectivity index (χ1v) is 19.1. The maximum Gasteiger partial charge on any atom is 0.407 e. The first-order valence-electron chi connectivity index (χ1n) is 19.1. The molecular formula is C45H48N8O4. The first kappa shape index (κ1) is 38.7. The number of methoxy groups -OCH3 is 1. The molecule has 292 valence electrons. The van der Waals surface area contributed by atoms with Gasteiger partial charge in [-0.1, -0.05) is 109 Å². The lowest BCUT2D eigenvalue weighted by atomic mass is 10.0. The SMILES string of the molecule is COC(=O)N[C@@H](C(=O)N(C)[C@@H](C)c1ncc(-c2ccc(-c3ccc(-c4cnc([C@@H]5CCCN5C(=O)[C@@H](c5ccccc5)N(C)C)[nH]4)cc3)cc2)[nH]1)c1ccccc1. The number of aromatic nitrogens is 4. The Balaban J connectivity index is 1.00. The Kier molecular flexibility index (Phi) is 11.6. The normalized spacial score (nSPS) is 15.5. The lowest BCUT2D eigenvalue weighted by molar-refractivity contribution is -0.137. The first-order chi connectivity index (χ1) is 27.6. The van der Waals surface area contributed by atoms with Crippen LogP contribution in [0, 0.1) is 0 Å². The molecule has 7 rings (SSSR count). The number of amides is 3. The van der Waals surface area contributed by atoms with Gasteiger partial charge in [-0.15, -0.1) is 0 Å². The monoisotopic (exact) mass is 764 g/mol. The van der Waals surface area contributed by atoms with E-state index in [2.05, 4.69) is 56.7 Å². The molecule has 4 atom stereocenters. The second kappa shape index (κ2) is 17.1. The summed E-state index contributed by atoms with van der Waals surface area (Å²) in [7, 11) is 6.85. The number of imidazole rings is 2. The van der Waals surface area contributed by atoms with Gasteiger partial charge in [0, 0.05) is 13.6 Å². The van der Waals surface area contributed by atoms with E-state index in [4.69, 9.17) is 9.72 Å². The molecule has 12 heteroatoms. The highest BCUT2D eigenvalue weighted by atomic mass is 16.5. The number of carbonyl (C=O) groups is 3. The second-order valence-corrected chi connectivity index (χ2v) is 14.6. The van der Waals surface area contributed by atoms with E-state index in [1.165, 1.54) is 7.11 Å². The number of H-pyrrole nitrogens is 2. The fraction of sp³-hybridized carbons (Fsp3) is 0.267. The number of hydrogen-bond acceptors (Lipinski definition) is 7. The van der Waals surface area contributed by atoms with Crippen molar-refractivity contribution in [2.24, 2.45) is 0 Å². The zero-order chi connectivity index (χ0) is 40.1. The molecule has 1 saturated heterocycles. The van der Waals surface area contributed by atoms with E-state index in [0.29, 0.717) is 17.9 Å². The molecule has 0 spiro atoms. The highest BCUT2D eigenvalue weighted by Gasteiger charge is 2.37. The Hall–Kier alpha value is -6.53. The Labute approximate surface area is 332 Å². The third-order valence-electron chi connectivity index (χ3n) is 10.8. The van der Waals surface area contributed by atoms with Crippen LogP contribution in [0.2, 0.25) is 0 Å². The van der Waals surface area contributed by atoms with Gasteiger partial charge in [0.2, 0.25) is 11.8 Å². The molecule has 0 bridgehead atoms. The standard InChI is InChI=1S/C45H48N8O4/c1-29(52(4)43(54)39(50-45(56)57-5)34-13-8-6-9-14-34)41-46-27-36(48-41)32-22-18-30(19-23-32)31-20-24-33(25-21-31)37-28-47-42(49-37)38-17-12-26-53(38)44(55)40(51(2)3)35-15-10-7-11-16-35/h6-11,13-16,18-25,27-29,38-40H,12,17,26H2,1-5H3,(H,46,48)(H,47,49)(H,50,56)/t29-,38-,39+,40+/m0/s1. The molecule has 3 N–H and O–H groups in total. The van der Waals surface area contributed by atoms with Gasteiger partial charge in [0.05, 0.1) is 43.0 Å². The van der Waals surface area contributed by atoms with Crippen LogP contribution in [0.5, 0.6) is 0 Å². The van der Waals surface area contributed by atoms with Crippen LogP contribution in [-0.4, -0.2) is 87.3 Å². The number of rotatable bonds is 12. The molecule has 1 fully saturated rings. The highest BCUT2D eigenvalue weighted by molar-refractivity contribution is 5.87. The average molecular weight is 765 g/mol. The van der Waals surface area contributed by atoms with Crippen LogP contribution >= 0.6 is 0 Å². The molecule has 0 saturated carbocycles. The molecule has 6 aromatic rings. The summed E-state index contributed by atoms with van der Waals surface area (Å²) < 4.78 is 4.78. The van der Waals surface area contributed by atoms with Crippen LogP contribution < -0.4 is 5.32 Å². The third-order valence-corrected chi connectivity index (χ3v) is 10.8. The molecule has 12 nitrogen and oxygen atoms in total. The van der Waals surface area contributed by atoms with Gasteiger partial charge >= 0.3 is 6.09 Å². The molecule has 3 amide bonds. The van der Waals surface area contributed by atoms with Crippen molar-refractivity contribution in [2.45, 2.75) is 43.9 Å². The van der Waals surface area contributed by atoms with Gasteiger partial charge < -0.3 is 29.8 Å². The van der Waals surface area contributed by atoms with Gasteiger partial charge in [-0.2, -0.15) is 0 Å². The molecule has 1 aliphatic rings. The molecule has 1 aliphatic heterocycles. The van der Waals surface area contributed by atoms with Crippen molar-refractivity contribution in [3.63, 3.8) is 0 Å². The van der Waals surface area contributed by atoms with Crippen molar-refractivity contribution in [1.29, 1.82) is 0 Å². The van der Waals surface area contributed by atoms with Crippen molar-refractivity contribution in [3.8, 4) is 33.6 Å². The van der Waals surface area contributed by atoms with Crippen LogP contribution in [0.15, 0.2) is 122 Å². The minimum atomic E-state index is -0.916. The number of nitrogens with one attached hydrogen (secondary N) is 3. The quantitative estimate of drug-likeness (QED) is 0.116. The van der Waals surface area contributed by atoms with Crippen molar-refractivity contribution >= 4 is 17.9 Å². The number of carbonyl (C=O) groups excluding carboxylic acids is 3. The van der Waals surface area contributed by atoms with Gasteiger partial charge in [0.1, 0.15) is 23.7 Å². The van der Waals surface area contributed by atoms with Gasteiger partial charge in [-0.05, 0) is 67.2 Å². The molecule has 0 radical (unpaired) electrons. The Morgan fingerprint density at radius 3 is 1.88 bits per heavy atom. The summed E-state index contributed by atoms with van der Waals surface area (Å²) >= 11 is 0. The highest BCUT2D eigenvalue weighted by Crippen LogP contribution is 2.35. The third kappa shape index (κ3) is 8.36. The Bertz CT molecular complexity index is 2290. The number of aromatic amines is 2. The minimum absolute atomic E-state index is 0.0905. The summed E-state index contributed by atoms with van der Waals surface area (Å²) in [6.07, 6.45) is 4.72. The Morgan fingerprint density at radius 2 is 1.30 bits per heavy atom. The number of likely N-dealkylation sites (N-methyl/N-ethyl adjacent to an activating group) is 2. The van der Waals surface area contributed by atoms with Crippen LogP contribution in [-0.2, 0) is 14.3 Å². The summed E-state index contributed by atoms with van der Waals surface area (Å²) in [6, 6.07) is 33.8. The summed E-state index contributed by atoms with van der Waals surface area (Å²) in [5.41, 5.74) is 7.46. The van der Waals surface area contributed by atoms with Gasteiger partial charge in [0.15, 0.2) is 0 Å². The van der Waals surface area contributed by atoms with Crippen LogP contribution in [0.3, 0.4) is 0 Å². The van der Waals surface area contributed by atoms with E-state index in [1.54, 1.807) is 30.3 Å². The fourth-order valence-corrected chi connectivity index (χ4v) is 7.49. The molecule has 4 aromatic carbocycles. The lowest BCUT2D eigenvalue weighted by Gasteiger charge is -2.31. The molecule has 3 heterocycles. The van der Waals surface area contributed by atoms with Gasteiger partial charge in [-0.25, -0.2) is 14.8 Å². The second-order valence-electron chi connectivity index (χ2n) is 14.6. The summed E-state index contributed by atoms with van der Waals surface area (Å²) in [4.78, 5) is 61.4. The predicted octanol–water partition coefficient (Wildman–Crippen LogP) is 7.72. The topological polar surface area (TPSA) is 140 Å². The summed E-state index contributed by atoms with van der Waals surface area (Å²) in [5, 5.41) is 2.66. The largest absolute Gasteiger partial charge is 0.453 e. The number of likely N-dealkylation sites (tertiary alicyclic amines) is 1. The van der Waals surface area contributed by atoms with E-state index >= 15 is 0 Å². The summed E-state index contributed by atoms with van der Waals surface area (Å²) in [5.74, 6) is 1.21. The van der Waals surface area contributed by atoms with E-state index in [0.717, 1.165) is 57.9 Å². The van der Waals surface area contributed by atoms with E-state index in [9.17, 15) is 14.4 Å².